The molecule has 0 spiro atoms. The maximum atomic E-state index is 12.1. The standard InChI is InChI=1S/C14H19NO4/c1-14(2,13(17)18)12(16)15(3)9-10-5-7-11(19-4)8-6-10/h5-8H,9H2,1-4H3,(H,17,18). The van der Waals surface area contributed by atoms with Crippen molar-refractivity contribution in [3.8, 4) is 5.75 Å². The van der Waals surface area contributed by atoms with Gasteiger partial charge in [0.15, 0.2) is 0 Å². The molecule has 0 heterocycles. The minimum atomic E-state index is -1.42. The van der Waals surface area contributed by atoms with Crippen molar-refractivity contribution in [1.29, 1.82) is 0 Å². The van der Waals surface area contributed by atoms with Gasteiger partial charge in [0.05, 0.1) is 7.11 Å². The van der Waals surface area contributed by atoms with E-state index in [2.05, 4.69) is 0 Å². The zero-order valence-corrected chi connectivity index (χ0v) is 11.6. The van der Waals surface area contributed by atoms with Crippen LogP contribution in [0.2, 0.25) is 0 Å². The Bertz CT molecular complexity index is 465. The molecule has 1 aromatic carbocycles. The van der Waals surface area contributed by atoms with Gasteiger partial charge in [0.2, 0.25) is 5.91 Å². The fraction of sp³-hybridized carbons (Fsp3) is 0.429. The monoisotopic (exact) mass is 265 g/mol. The summed E-state index contributed by atoms with van der Waals surface area (Å²) in [5.74, 6) is -0.807. The minimum Gasteiger partial charge on any atom is -0.497 e. The average molecular weight is 265 g/mol. The van der Waals surface area contributed by atoms with Gasteiger partial charge in [0.25, 0.3) is 0 Å². The van der Waals surface area contributed by atoms with Crippen LogP contribution < -0.4 is 4.74 Å². The second kappa shape index (κ2) is 5.73. The van der Waals surface area contributed by atoms with Crippen LogP contribution in [0, 0.1) is 5.41 Å². The highest BCUT2D eigenvalue weighted by atomic mass is 16.5. The maximum absolute atomic E-state index is 12.1. The van der Waals surface area contributed by atoms with Crippen LogP contribution in [0.1, 0.15) is 19.4 Å². The van der Waals surface area contributed by atoms with Crippen LogP contribution in [0.5, 0.6) is 5.75 Å². The van der Waals surface area contributed by atoms with Gasteiger partial charge in [-0.3, -0.25) is 9.59 Å². The second-order valence-electron chi connectivity index (χ2n) is 4.94. The van der Waals surface area contributed by atoms with Crippen LogP contribution in [0.4, 0.5) is 0 Å². The van der Waals surface area contributed by atoms with E-state index in [4.69, 9.17) is 9.84 Å². The van der Waals surface area contributed by atoms with Crippen LogP contribution >= 0.6 is 0 Å². The predicted octanol–water partition coefficient (Wildman–Crippen LogP) is 1.76. The quantitative estimate of drug-likeness (QED) is 0.824. The van der Waals surface area contributed by atoms with Crippen molar-refractivity contribution >= 4 is 11.9 Å². The van der Waals surface area contributed by atoms with Crippen molar-refractivity contribution in [3.63, 3.8) is 0 Å². The van der Waals surface area contributed by atoms with Gasteiger partial charge in [0.1, 0.15) is 11.2 Å². The fourth-order valence-electron chi connectivity index (χ4n) is 1.65. The Morgan fingerprint density at radius 3 is 2.21 bits per heavy atom. The molecule has 0 aliphatic rings. The lowest BCUT2D eigenvalue weighted by atomic mass is 9.92. The van der Waals surface area contributed by atoms with Crippen molar-refractivity contribution in [2.45, 2.75) is 20.4 Å². The Balaban J connectivity index is 2.76. The van der Waals surface area contributed by atoms with Gasteiger partial charge in [-0.05, 0) is 31.5 Å². The highest BCUT2D eigenvalue weighted by molar-refractivity contribution is 6.00. The van der Waals surface area contributed by atoms with Crippen molar-refractivity contribution in [2.75, 3.05) is 14.2 Å². The molecule has 0 fully saturated rings. The molecule has 0 saturated heterocycles. The topological polar surface area (TPSA) is 66.8 Å². The number of carbonyl (C=O) groups excluding carboxylic acids is 1. The number of hydrogen-bond acceptors (Lipinski definition) is 3. The van der Waals surface area contributed by atoms with E-state index in [0.717, 1.165) is 11.3 Å². The number of amides is 1. The molecule has 0 aliphatic carbocycles. The first-order valence-corrected chi connectivity index (χ1v) is 5.91. The molecular weight excluding hydrogens is 246 g/mol. The van der Waals surface area contributed by atoms with Crippen molar-refractivity contribution in [1.82, 2.24) is 4.90 Å². The molecule has 1 amide bonds. The molecule has 0 aromatic heterocycles. The lowest BCUT2D eigenvalue weighted by Crippen LogP contribution is -2.43. The highest BCUT2D eigenvalue weighted by Gasteiger charge is 2.38. The number of methoxy groups -OCH3 is 1. The third-order valence-electron chi connectivity index (χ3n) is 2.99. The van der Waals surface area contributed by atoms with Crippen LogP contribution in [-0.4, -0.2) is 36.0 Å². The largest absolute Gasteiger partial charge is 0.497 e. The Labute approximate surface area is 112 Å². The third kappa shape index (κ3) is 3.47. The second-order valence-corrected chi connectivity index (χ2v) is 4.94. The van der Waals surface area contributed by atoms with Gasteiger partial charge in [-0.25, -0.2) is 0 Å². The number of carboxylic acid groups (broad SMARTS) is 1. The van der Waals surface area contributed by atoms with Gasteiger partial charge >= 0.3 is 5.97 Å². The molecule has 1 aromatic rings. The first-order valence-electron chi connectivity index (χ1n) is 5.91. The molecule has 0 aliphatic heterocycles. The number of nitrogens with zero attached hydrogens (tertiary/aromatic N) is 1. The molecule has 104 valence electrons. The maximum Gasteiger partial charge on any atom is 0.318 e. The van der Waals surface area contributed by atoms with Crippen LogP contribution in [0.3, 0.4) is 0 Å². The van der Waals surface area contributed by atoms with Gasteiger partial charge in [0, 0.05) is 13.6 Å². The SMILES string of the molecule is COc1ccc(CN(C)C(=O)C(C)(C)C(=O)O)cc1. The van der Waals surface area contributed by atoms with Gasteiger partial charge in [-0.1, -0.05) is 12.1 Å². The van der Waals surface area contributed by atoms with E-state index < -0.39 is 17.3 Å². The molecule has 19 heavy (non-hydrogen) atoms. The number of hydrogen-bond donors (Lipinski definition) is 1. The zero-order valence-electron chi connectivity index (χ0n) is 11.6. The van der Waals surface area contributed by atoms with E-state index in [1.165, 1.54) is 18.7 Å². The van der Waals surface area contributed by atoms with Crippen LogP contribution in [0.15, 0.2) is 24.3 Å². The van der Waals surface area contributed by atoms with Crippen molar-refractivity contribution < 1.29 is 19.4 Å². The Morgan fingerprint density at radius 1 is 1.26 bits per heavy atom. The summed E-state index contributed by atoms with van der Waals surface area (Å²) in [6.07, 6.45) is 0. The molecule has 5 nitrogen and oxygen atoms in total. The molecule has 1 rings (SSSR count). The summed E-state index contributed by atoms with van der Waals surface area (Å²) in [5.41, 5.74) is -0.501. The van der Waals surface area contributed by atoms with E-state index in [-0.39, 0.29) is 0 Å². The predicted molar refractivity (Wildman–Crippen MR) is 70.9 cm³/mol. The summed E-state index contributed by atoms with van der Waals surface area (Å²) in [7, 11) is 3.18. The summed E-state index contributed by atoms with van der Waals surface area (Å²) < 4.78 is 5.05. The molecular formula is C14H19NO4. The summed E-state index contributed by atoms with van der Waals surface area (Å²) in [6.45, 7) is 3.17. The summed E-state index contributed by atoms with van der Waals surface area (Å²) in [4.78, 5) is 24.5. The molecule has 0 bridgehead atoms. The normalized spacial score (nSPS) is 10.9. The number of rotatable bonds is 5. The van der Waals surface area contributed by atoms with E-state index in [0.29, 0.717) is 6.54 Å². The zero-order chi connectivity index (χ0) is 14.6. The Kier molecular flexibility index (Phi) is 4.53. The minimum absolute atomic E-state index is 0.361. The van der Waals surface area contributed by atoms with E-state index in [9.17, 15) is 9.59 Å². The van der Waals surface area contributed by atoms with E-state index >= 15 is 0 Å². The average Bonchev–Trinajstić information content (AvgIpc) is 2.38. The molecule has 0 unspecified atom stereocenters. The third-order valence-corrected chi connectivity index (χ3v) is 2.99. The molecule has 0 atom stereocenters. The van der Waals surface area contributed by atoms with Crippen LogP contribution in [-0.2, 0) is 16.1 Å². The number of ether oxygens (including phenoxy) is 1. The lowest BCUT2D eigenvalue weighted by molar-refractivity contribution is -0.157. The molecule has 5 heteroatoms. The summed E-state index contributed by atoms with van der Waals surface area (Å²) in [6, 6.07) is 7.29. The molecule has 1 N–H and O–H groups in total. The van der Waals surface area contributed by atoms with Gasteiger partial charge in [-0.15, -0.1) is 0 Å². The molecule has 0 saturated carbocycles. The van der Waals surface area contributed by atoms with Gasteiger partial charge < -0.3 is 14.7 Å². The van der Waals surface area contributed by atoms with Crippen LogP contribution in [0.25, 0.3) is 0 Å². The van der Waals surface area contributed by atoms with E-state index in [1.807, 2.05) is 12.1 Å². The van der Waals surface area contributed by atoms with Crippen molar-refractivity contribution in [3.05, 3.63) is 29.8 Å². The number of aliphatic carboxylic acids is 1. The summed E-state index contributed by atoms with van der Waals surface area (Å²) >= 11 is 0. The number of benzene rings is 1. The first-order chi connectivity index (χ1) is 8.78. The number of carbonyl (C=O) groups is 2. The highest BCUT2D eigenvalue weighted by Crippen LogP contribution is 2.20. The van der Waals surface area contributed by atoms with E-state index in [1.54, 1.807) is 26.3 Å². The smallest absolute Gasteiger partial charge is 0.318 e. The summed E-state index contributed by atoms with van der Waals surface area (Å²) in [5, 5.41) is 9.03. The lowest BCUT2D eigenvalue weighted by Gasteiger charge is -2.26. The Morgan fingerprint density at radius 2 is 1.79 bits per heavy atom. The Hall–Kier alpha value is -2.04. The molecule has 0 radical (unpaired) electrons. The first kappa shape index (κ1) is 15.0. The fourth-order valence-corrected chi connectivity index (χ4v) is 1.65. The van der Waals surface area contributed by atoms with Gasteiger partial charge in [-0.2, -0.15) is 0 Å². The number of carboxylic acids is 1. The van der Waals surface area contributed by atoms with Crippen molar-refractivity contribution in [2.24, 2.45) is 5.41 Å².